The summed E-state index contributed by atoms with van der Waals surface area (Å²) < 4.78 is 50.0. The van der Waals surface area contributed by atoms with Crippen molar-refractivity contribution in [2.75, 3.05) is 0 Å². The molecule has 0 saturated carbocycles. The summed E-state index contributed by atoms with van der Waals surface area (Å²) in [4.78, 5) is 16.6. The average Bonchev–Trinajstić information content (AvgIpc) is 2.28. The predicted molar refractivity (Wildman–Crippen MR) is 55.3 cm³/mol. The Kier molecular flexibility index (Phi) is 2.90. The van der Waals surface area contributed by atoms with Crippen LogP contribution in [0.5, 0.6) is 0 Å². The van der Waals surface area contributed by atoms with E-state index in [0.717, 1.165) is 12.1 Å². The molecule has 0 fully saturated rings. The molecule has 0 aliphatic carbocycles. The highest BCUT2D eigenvalue weighted by atomic mass is 19.4. The van der Waals surface area contributed by atoms with Gasteiger partial charge in [-0.25, -0.2) is 9.37 Å². The molecule has 2 aromatic rings. The number of alkyl halides is 3. The van der Waals surface area contributed by atoms with Crippen LogP contribution in [0.4, 0.5) is 17.6 Å². The van der Waals surface area contributed by atoms with Gasteiger partial charge in [0.05, 0.1) is 0 Å². The van der Waals surface area contributed by atoms with Crippen LogP contribution < -0.4 is 5.56 Å². The predicted octanol–water partition coefficient (Wildman–Crippen LogP) is 2.59. The lowest BCUT2D eigenvalue weighted by Gasteiger charge is -2.07. The van der Waals surface area contributed by atoms with E-state index in [1.807, 2.05) is 0 Å². The van der Waals surface area contributed by atoms with Crippen LogP contribution in [0.25, 0.3) is 11.4 Å². The highest BCUT2D eigenvalue weighted by Gasteiger charge is 2.33. The molecule has 1 heterocycles. The lowest BCUT2D eigenvalue weighted by Crippen LogP contribution is -2.16. The highest BCUT2D eigenvalue weighted by molar-refractivity contribution is 5.54. The minimum atomic E-state index is -4.71. The van der Waals surface area contributed by atoms with Crippen molar-refractivity contribution in [2.24, 2.45) is 0 Å². The van der Waals surface area contributed by atoms with Crippen molar-refractivity contribution in [3.05, 3.63) is 52.2 Å². The van der Waals surface area contributed by atoms with E-state index >= 15 is 0 Å². The van der Waals surface area contributed by atoms with Crippen molar-refractivity contribution < 1.29 is 17.6 Å². The van der Waals surface area contributed by atoms with Crippen LogP contribution in [0, 0.1) is 5.82 Å². The SMILES string of the molecule is O=c1cc(C(F)(F)F)nc(-c2ccc(F)cc2)[nH]1. The minimum Gasteiger partial charge on any atom is -0.307 e. The number of benzene rings is 1. The third-order valence-electron chi connectivity index (χ3n) is 2.15. The van der Waals surface area contributed by atoms with Crippen LogP contribution in [-0.4, -0.2) is 9.97 Å². The van der Waals surface area contributed by atoms with E-state index in [0.29, 0.717) is 6.07 Å². The van der Waals surface area contributed by atoms with Gasteiger partial charge in [-0.3, -0.25) is 4.79 Å². The smallest absolute Gasteiger partial charge is 0.307 e. The van der Waals surface area contributed by atoms with Crippen LogP contribution in [0.3, 0.4) is 0 Å². The van der Waals surface area contributed by atoms with E-state index in [1.54, 1.807) is 0 Å². The molecule has 3 nitrogen and oxygen atoms in total. The Hall–Kier alpha value is -2.18. The number of halogens is 4. The second-order valence-electron chi connectivity index (χ2n) is 3.48. The van der Waals surface area contributed by atoms with Crippen molar-refractivity contribution >= 4 is 0 Å². The molecule has 0 radical (unpaired) electrons. The molecule has 0 spiro atoms. The van der Waals surface area contributed by atoms with Crippen molar-refractivity contribution in [3.8, 4) is 11.4 Å². The van der Waals surface area contributed by atoms with Gasteiger partial charge >= 0.3 is 6.18 Å². The molecule has 18 heavy (non-hydrogen) atoms. The minimum absolute atomic E-state index is 0.194. The van der Waals surface area contributed by atoms with Gasteiger partial charge in [-0.2, -0.15) is 13.2 Å². The first-order chi connectivity index (χ1) is 8.36. The van der Waals surface area contributed by atoms with E-state index < -0.39 is 23.2 Å². The molecule has 1 N–H and O–H groups in total. The van der Waals surface area contributed by atoms with Crippen LogP contribution in [0.2, 0.25) is 0 Å². The number of nitrogens with zero attached hydrogens (tertiary/aromatic N) is 1. The molecule has 1 aromatic heterocycles. The Morgan fingerprint density at radius 2 is 1.72 bits per heavy atom. The summed E-state index contributed by atoms with van der Waals surface area (Å²) in [6.45, 7) is 0. The summed E-state index contributed by atoms with van der Waals surface area (Å²) in [5.41, 5.74) is -2.01. The molecule has 0 unspecified atom stereocenters. The molecular formula is C11H6F4N2O. The molecule has 1 aromatic carbocycles. The van der Waals surface area contributed by atoms with Crippen LogP contribution in [-0.2, 0) is 6.18 Å². The number of rotatable bonds is 1. The molecule has 0 saturated heterocycles. The van der Waals surface area contributed by atoms with Crippen LogP contribution >= 0.6 is 0 Å². The molecular weight excluding hydrogens is 252 g/mol. The molecule has 0 bridgehead atoms. The zero-order chi connectivity index (χ0) is 13.3. The van der Waals surface area contributed by atoms with Gasteiger partial charge in [0.1, 0.15) is 11.6 Å². The Balaban J connectivity index is 2.55. The number of H-pyrrole nitrogens is 1. The number of hydrogen-bond donors (Lipinski definition) is 1. The summed E-state index contributed by atoms with van der Waals surface area (Å²) in [6, 6.07) is 4.96. The first-order valence-electron chi connectivity index (χ1n) is 4.81. The number of aromatic amines is 1. The Bertz CT molecular complexity index is 616. The van der Waals surface area contributed by atoms with Gasteiger partial charge in [0.25, 0.3) is 5.56 Å². The normalized spacial score (nSPS) is 11.6. The van der Waals surface area contributed by atoms with Gasteiger partial charge in [-0.05, 0) is 24.3 Å². The standard InChI is InChI=1S/C11H6F4N2O/c12-7-3-1-6(2-4-7)10-16-8(11(13,14)15)5-9(18)17-10/h1-5H,(H,16,17,18). The molecule has 94 valence electrons. The number of hydrogen-bond acceptors (Lipinski definition) is 2. The fourth-order valence-electron chi connectivity index (χ4n) is 1.35. The maximum atomic E-state index is 12.7. The van der Waals surface area contributed by atoms with Gasteiger partial charge in [-0.15, -0.1) is 0 Å². The van der Waals surface area contributed by atoms with E-state index in [1.165, 1.54) is 12.1 Å². The summed E-state index contributed by atoms with van der Waals surface area (Å²) in [5.74, 6) is -0.789. The third kappa shape index (κ3) is 2.55. The second-order valence-corrected chi connectivity index (χ2v) is 3.48. The van der Waals surface area contributed by atoms with Gasteiger partial charge in [0.15, 0.2) is 5.69 Å². The highest BCUT2D eigenvalue weighted by Crippen LogP contribution is 2.27. The fourth-order valence-corrected chi connectivity index (χ4v) is 1.35. The van der Waals surface area contributed by atoms with Crippen LogP contribution in [0.1, 0.15) is 5.69 Å². The molecule has 0 atom stereocenters. The monoisotopic (exact) mass is 258 g/mol. The lowest BCUT2D eigenvalue weighted by atomic mass is 10.2. The van der Waals surface area contributed by atoms with Gasteiger partial charge in [0.2, 0.25) is 0 Å². The topological polar surface area (TPSA) is 45.8 Å². The van der Waals surface area contributed by atoms with E-state index in [9.17, 15) is 22.4 Å². The Morgan fingerprint density at radius 3 is 2.28 bits per heavy atom. The fraction of sp³-hybridized carbons (Fsp3) is 0.0909. The van der Waals surface area contributed by atoms with Gasteiger partial charge in [0, 0.05) is 11.6 Å². The van der Waals surface area contributed by atoms with Gasteiger partial charge < -0.3 is 4.98 Å². The summed E-state index contributed by atoms with van der Waals surface area (Å²) >= 11 is 0. The Labute approximate surface area is 98.1 Å². The first-order valence-corrected chi connectivity index (χ1v) is 4.81. The van der Waals surface area contributed by atoms with Crippen molar-refractivity contribution in [2.45, 2.75) is 6.18 Å². The average molecular weight is 258 g/mol. The van der Waals surface area contributed by atoms with E-state index in [-0.39, 0.29) is 11.4 Å². The maximum absolute atomic E-state index is 12.7. The third-order valence-corrected chi connectivity index (χ3v) is 2.15. The lowest BCUT2D eigenvalue weighted by molar-refractivity contribution is -0.141. The summed E-state index contributed by atoms with van der Waals surface area (Å²) in [5, 5.41) is 0. The second kappa shape index (κ2) is 4.25. The zero-order valence-electron chi connectivity index (χ0n) is 8.75. The van der Waals surface area contributed by atoms with Crippen molar-refractivity contribution in [1.82, 2.24) is 9.97 Å². The van der Waals surface area contributed by atoms with E-state index in [2.05, 4.69) is 9.97 Å². The van der Waals surface area contributed by atoms with Gasteiger partial charge in [-0.1, -0.05) is 0 Å². The molecule has 0 amide bonds. The van der Waals surface area contributed by atoms with Crippen molar-refractivity contribution in [1.29, 1.82) is 0 Å². The largest absolute Gasteiger partial charge is 0.433 e. The van der Waals surface area contributed by atoms with E-state index in [4.69, 9.17) is 0 Å². The quantitative estimate of drug-likeness (QED) is 0.799. The number of nitrogens with one attached hydrogen (secondary N) is 1. The number of aromatic nitrogens is 2. The molecule has 2 rings (SSSR count). The van der Waals surface area contributed by atoms with Crippen molar-refractivity contribution in [3.63, 3.8) is 0 Å². The van der Waals surface area contributed by atoms with Crippen LogP contribution in [0.15, 0.2) is 35.1 Å². The summed E-state index contributed by atoms with van der Waals surface area (Å²) in [7, 11) is 0. The molecule has 0 aliphatic rings. The zero-order valence-corrected chi connectivity index (χ0v) is 8.75. The Morgan fingerprint density at radius 1 is 1.11 bits per heavy atom. The summed E-state index contributed by atoms with van der Waals surface area (Å²) in [6.07, 6.45) is -4.71. The maximum Gasteiger partial charge on any atom is 0.433 e. The molecule has 7 heteroatoms. The molecule has 0 aliphatic heterocycles. The first kappa shape index (κ1) is 12.3.